The number of halogens is 2. The maximum atomic E-state index is 11.7. The minimum atomic E-state index is -0.387. The Bertz CT molecular complexity index is 945. The Balaban J connectivity index is 0.00000182. The Kier molecular flexibility index (Phi) is 7.74. The van der Waals surface area contributed by atoms with E-state index in [1.807, 2.05) is 24.3 Å². The van der Waals surface area contributed by atoms with Crippen molar-refractivity contribution in [3.05, 3.63) is 57.8 Å². The van der Waals surface area contributed by atoms with Crippen molar-refractivity contribution in [2.75, 3.05) is 32.5 Å². The highest BCUT2D eigenvalue weighted by molar-refractivity contribution is 6.11. The highest BCUT2D eigenvalue weighted by atomic mass is 35.5. The number of rotatable bonds is 6. The van der Waals surface area contributed by atoms with Gasteiger partial charge in [0.2, 0.25) is 0 Å². The summed E-state index contributed by atoms with van der Waals surface area (Å²) >= 11 is 0. The summed E-state index contributed by atoms with van der Waals surface area (Å²) in [6, 6.07) is 12.5. The van der Waals surface area contributed by atoms with Crippen LogP contribution in [-0.4, -0.2) is 41.7 Å². The second-order valence-electron chi connectivity index (χ2n) is 6.51. The van der Waals surface area contributed by atoms with Crippen LogP contribution in [0.1, 0.15) is 6.42 Å². The number of fused-ring (bicyclic) bond motifs is 2. The molecule has 9 heteroatoms. The number of quaternary nitrogens is 1. The van der Waals surface area contributed by atoms with Crippen LogP contribution in [0.3, 0.4) is 0 Å². The topological polar surface area (TPSA) is 91.1 Å². The van der Waals surface area contributed by atoms with Crippen molar-refractivity contribution >= 4 is 58.0 Å². The van der Waals surface area contributed by atoms with Gasteiger partial charge in [-0.05, 0) is 12.1 Å². The van der Waals surface area contributed by atoms with Gasteiger partial charge in [0.15, 0.2) is 0 Å². The van der Waals surface area contributed by atoms with Crippen molar-refractivity contribution in [3.63, 3.8) is 0 Å². The van der Waals surface area contributed by atoms with Crippen molar-refractivity contribution in [1.82, 2.24) is 4.98 Å². The molecule has 0 aliphatic rings. The van der Waals surface area contributed by atoms with E-state index in [1.54, 1.807) is 26.2 Å². The first kappa shape index (κ1) is 22.9. The molecule has 1 heterocycles. The standard InChI is InChI=1S/C18H20N4O3.2ClH/c1-22(2,25)12-6-11-19-18-13-7-3-4-8-14(13)20-15-9-5-10-16(17(15)18)21(23)24;;/h3-5,7-10H,6,11-12H2,1-2H3,(H,19,20);2*1H. The fourth-order valence-corrected chi connectivity index (χ4v) is 2.93. The van der Waals surface area contributed by atoms with E-state index in [2.05, 4.69) is 10.3 Å². The molecular weight excluding hydrogens is 391 g/mol. The van der Waals surface area contributed by atoms with E-state index in [9.17, 15) is 15.3 Å². The fraction of sp³-hybridized carbons (Fsp3) is 0.278. The third-order valence-electron chi connectivity index (χ3n) is 4.06. The number of hydrogen-bond acceptors (Lipinski definition) is 5. The molecule has 3 rings (SSSR count). The molecule has 0 radical (unpaired) electrons. The molecule has 7 nitrogen and oxygen atoms in total. The smallest absolute Gasteiger partial charge is 0.280 e. The van der Waals surface area contributed by atoms with Gasteiger partial charge < -0.3 is 15.2 Å². The zero-order valence-corrected chi connectivity index (χ0v) is 16.7. The van der Waals surface area contributed by atoms with E-state index >= 15 is 0 Å². The monoisotopic (exact) mass is 412 g/mol. The number of para-hydroxylation sites is 1. The number of pyridine rings is 1. The summed E-state index contributed by atoms with van der Waals surface area (Å²) in [6.07, 6.45) is 0.662. The Hall–Kier alpha value is -2.19. The van der Waals surface area contributed by atoms with Crippen LogP contribution in [0.25, 0.3) is 21.8 Å². The lowest BCUT2D eigenvalue weighted by Crippen LogP contribution is -2.34. The van der Waals surface area contributed by atoms with Gasteiger partial charge in [0, 0.05) is 24.4 Å². The molecule has 0 aliphatic carbocycles. The minimum Gasteiger partial charge on any atom is -0.633 e. The van der Waals surface area contributed by atoms with E-state index < -0.39 is 0 Å². The zero-order chi connectivity index (χ0) is 18.0. The first-order valence-electron chi connectivity index (χ1n) is 8.10. The van der Waals surface area contributed by atoms with Crippen LogP contribution < -0.4 is 5.32 Å². The summed E-state index contributed by atoms with van der Waals surface area (Å²) in [4.78, 5) is 15.6. The SMILES string of the molecule is C[N+](C)([O-])CCCNc1c2ccccc2nc2cccc([N+](=O)[O-])c12.Cl.Cl. The van der Waals surface area contributed by atoms with Gasteiger partial charge in [-0.15, -0.1) is 24.8 Å². The van der Waals surface area contributed by atoms with Gasteiger partial charge in [0.05, 0.1) is 42.3 Å². The van der Waals surface area contributed by atoms with Gasteiger partial charge in [-0.25, -0.2) is 4.98 Å². The van der Waals surface area contributed by atoms with Crippen molar-refractivity contribution in [3.8, 4) is 0 Å². The minimum absolute atomic E-state index is 0. The quantitative estimate of drug-likeness (QED) is 0.211. The Labute approximate surface area is 169 Å². The van der Waals surface area contributed by atoms with Gasteiger partial charge in [-0.1, -0.05) is 24.3 Å². The molecule has 27 heavy (non-hydrogen) atoms. The van der Waals surface area contributed by atoms with Gasteiger partial charge in [-0.3, -0.25) is 10.1 Å². The molecule has 0 saturated heterocycles. The molecule has 2 aromatic carbocycles. The molecule has 0 atom stereocenters. The number of nitrogens with one attached hydrogen (secondary N) is 1. The largest absolute Gasteiger partial charge is 0.633 e. The van der Waals surface area contributed by atoms with E-state index in [-0.39, 0.29) is 40.1 Å². The molecule has 0 saturated carbocycles. The molecule has 0 amide bonds. The molecular formula is C18H22Cl2N4O3. The van der Waals surface area contributed by atoms with Crippen LogP contribution >= 0.6 is 24.8 Å². The number of nitrogens with zero attached hydrogens (tertiary/aromatic N) is 3. The third kappa shape index (κ3) is 5.17. The second kappa shape index (κ2) is 9.14. The second-order valence-corrected chi connectivity index (χ2v) is 6.51. The van der Waals surface area contributed by atoms with Crippen LogP contribution in [-0.2, 0) is 0 Å². The third-order valence-corrected chi connectivity index (χ3v) is 4.06. The molecule has 1 N–H and O–H groups in total. The van der Waals surface area contributed by atoms with E-state index in [1.165, 1.54) is 6.07 Å². The maximum absolute atomic E-state index is 11.7. The average molecular weight is 413 g/mol. The highest BCUT2D eigenvalue weighted by Crippen LogP contribution is 2.36. The summed E-state index contributed by atoms with van der Waals surface area (Å²) in [7, 11) is 3.20. The number of benzene rings is 2. The van der Waals surface area contributed by atoms with Gasteiger partial charge >= 0.3 is 0 Å². The lowest BCUT2D eigenvalue weighted by atomic mass is 10.1. The first-order valence-corrected chi connectivity index (χ1v) is 8.10. The number of aromatic nitrogens is 1. The molecule has 0 spiro atoms. The Morgan fingerprint density at radius 2 is 1.74 bits per heavy atom. The number of anilines is 1. The van der Waals surface area contributed by atoms with Crippen LogP contribution in [0.5, 0.6) is 0 Å². The van der Waals surface area contributed by atoms with Gasteiger partial charge in [-0.2, -0.15) is 0 Å². The average Bonchev–Trinajstić information content (AvgIpc) is 2.56. The molecule has 3 aromatic rings. The molecule has 146 valence electrons. The van der Waals surface area contributed by atoms with Crippen molar-refractivity contribution in [1.29, 1.82) is 0 Å². The van der Waals surface area contributed by atoms with Gasteiger partial charge in [0.25, 0.3) is 5.69 Å². The summed E-state index contributed by atoms with van der Waals surface area (Å²) in [5, 5.41) is 27.8. The molecule has 0 aliphatic heterocycles. The molecule has 1 aromatic heterocycles. The number of nitro benzene ring substituents is 1. The Morgan fingerprint density at radius 1 is 1.07 bits per heavy atom. The first-order chi connectivity index (χ1) is 11.9. The predicted molar refractivity (Wildman–Crippen MR) is 114 cm³/mol. The van der Waals surface area contributed by atoms with E-state index in [4.69, 9.17) is 0 Å². The fourth-order valence-electron chi connectivity index (χ4n) is 2.93. The molecule has 0 bridgehead atoms. The lowest BCUT2D eigenvalue weighted by molar-refractivity contribution is -0.839. The summed E-state index contributed by atoms with van der Waals surface area (Å²) < 4.78 is -0.361. The van der Waals surface area contributed by atoms with Crippen molar-refractivity contribution in [2.24, 2.45) is 0 Å². The number of hydrogen-bond donors (Lipinski definition) is 1. The Morgan fingerprint density at radius 3 is 2.41 bits per heavy atom. The lowest BCUT2D eigenvalue weighted by Gasteiger charge is -2.33. The van der Waals surface area contributed by atoms with Crippen LogP contribution in [0, 0.1) is 15.3 Å². The molecule has 0 fully saturated rings. The zero-order valence-electron chi connectivity index (χ0n) is 15.0. The predicted octanol–water partition coefficient (Wildman–Crippen LogP) is 4.52. The number of nitro groups is 1. The normalized spacial score (nSPS) is 10.9. The van der Waals surface area contributed by atoms with E-state index in [0.717, 1.165) is 10.9 Å². The van der Waals surface area contributed by atoms with Crippen LogP contribution in [0.15, 0.2) is 42.5 Å². The van der Waals surface area contributed by atoms with Crippen molar-refractivity contribution < 1.29 is 9.57 Å². The van der Waals surface area contributed by atoms with E-state index in [0.29, 0.717) is 36.1 Å². The summed E-state index contributed by atoms with van der Waals surface area (Å²) in [5.41, 5.74) is 2.08. The maximum Gasteiger partial charge on any atom is 0.280 e. The van der Waals surface area contributed by atoms with Crippen molar-refractivity contribution in [2.45, 2.75) is 6.42 Å². The summed E-state index contributed by atoms with van der Waals surface area (Å²) in [6.45, 7) is 1.02. The molecule has 0 unspecified atom stereocenters. The van der Waals surface area contributed by atoms with Gasteiger partial charge in [0.1, 0.15) is 5.39 Å². The highest BCUT2D eigenvalue weighted by Gasteiger charge is 2.18. The van der Waals surface area contributed by atoms with Crippen LogP contribution in [0.4, 0.5) is 11.4 Å². The summed E-state index contributed by atoms with van der Waals surface area (Å²) in [5.74, 6) is 0. The number of non-ortho nitro benzene ring substituents is 1. The van der Waals surface area contributed by atoms with Crippen LogP contribution in [0.2, 0.25) is 0 Å². The number of hydroxylamine groups is 3.